The molecule has 1 atom stereocenters. The van der Waals surface area contributed by atoms with E-state index in [1.807, 2.05) is 0 Å². The van der Waals surface area contributed by atoms with Crippen molar-refractivity contribution in [1.29, 1.82) is 0 Å². The van der Waals surface area contributed by atoms with Gasteiger partial charge in [-0.2, -0.15) is 0 Å². The number of carbonyl (C=O) groups is 1. The van der Waals surface area contributed by atoms with Crippen LogP contribution in [-0.4, -0.2) is 15.6 Å². The molecule has 0 aliphatic heterocycles. The van der Waals surface area contributed by atoms with Gasteiger partial charge >= 0.3 is 5.97 Å². The number of carboxylic acids is 1. The van der Waals surface area contributed by atoms with Crippen LogP contribution in [0.1, 0.15) is 36.6 Å². The topological polar surface area (TPSA) is 42.2 Å². The van der Waals surface area contributed by atoms with E-state index in [-0.39, 0.29) is 5.92 Å². The molecule has 1 aliphatic rings. The Balaban J connectivity index is 2.19. The third kappa shape index (κ3) is 2.01. The Hall–Kier alpha value is -1.77. The van der Waals surface area contributed by atoms with E-state index in [2.05, 4.69) is 36.6 Å². The number of aryl methyl sites for hydroxylation is 2. The van der Waals surface area contributed by atoms with Gasteiger partial charge in [-0.3, -0.25) is 4.79 Å². The highest BCUT2D eigenvalue weighted by Crippen LogP contribution is 2.35. The number of benzene rings is 1. The van der Waals surface area contributed by atoms with Crippen LogP contribution in [0.15, 0.2) is 18.2 Å². The second-order valence-electron chi connectivity index (χ2n) is 5.88. The number of aromatic nitrogens is 1. The summed E-state index contributed by atoms with van der Waals surface area (Å²) in [6, 6.07) is 6.55. The van der Waals surface area contributed by atoms with Crippen LogP contribution >= 0.6 is 0 Å². The standard InChI is InChI=1S/C17H21NO2/c1-3-8-18-15-6-4-11(2)9-13(15)14-10-12(17(19)20)5-7-16(14)18/h4,6,9,12H,3,5,7-8,10H2,1-2H3,(H,19,20). The van der Waals surface area contributed by atoms with Crippen LogP contribution in [0.2, 0.25) is 0 Å². The molecule has 0 bridgehead atoms. The molecule has 2 aromatic rings. The Kier molecular flexibility index (Phi) is 3.28. The lowest BCUT2D eigenvalue weighted by atomic mass is 9.86. The summed E-state index contributed by atoms with van der Waals surface area (Å²) < 4.78 is 2.40. The molecule has 0 saturated carbocycles. The van der Waals surface area contributed by atoms with Gasteiger partial charge in [0.25, 0.3) is 0 Å². The van der Waals surface area contributed by atoms with Gasteiger partial charge in [-0.25, -0.2) is 0 Å². The molecule has 106 valence electrons. The van der Waals surface area contributed by atoms with Crippen LogP contribution < -0.4 is 0 Å². The van der Waals surface area contributed by atoms with Gasteiger partial charge < -0.3 is 9.67 Å². The smallest absolute Gasteiger partial charge is 0.306 e. The van der Waals surface area contributed by atoms with Crippen molar-refractivity contribution in [1.82, 2.24) is 4.57 Å². The maximum absolute atomic E-state index is 11.3. The first kappa shape index (κ1) is 13.2. The van der Waals surface area contributed by atoms with E-state index in [0.717, 1.165) is 25.8 Å². The molecule has 1 aliphatic carbocycles. The van der Waals surface area contributed by atoms with Crippen LogP contribution in [0.4, 0.5) is 0 Å². The predicted octanol–water partition coefficient (Wildman–Crippen LogP) is 3.55. The molecule has 1 unspecified atom stereocenters. The predicted molar refractivity (Wildman–Crippen MR) is 80.1 cm³/mol. The number of hydrogen-bond donors (Lipinski definition) is 1. The number of fused-ring (bicyclic) bond motifs is 3. The van der Waals surface area contributed by atoms with Gasteiger partial charge in [0, 0.05) is 23.1 Å². The molecule has 0 spiro atoms. The van der Waals surface area contributed by atoms with Gasteiger partial charge in [-0.1, -0.05) is 18.6 Å². The summed E-state index contributed by atoms with van der Waals surface area (Å²) in [6.07, 6.45) is 3.44. The first-order valence-electron chi connectivity index (χ1n) is 7.45. The number of nitrogens with zero attached hydrogens (tertiary/aromatic N) is 1. The SMILES string of the molecule is CCCn1c2c(c3cc(C)ccc31)CC(C(=O)O)CC2. The summed E-state index contributed by atoms with van der Waals surface area (Å²) in [5, 5.41) is 10.6. The molecular weight excluding hydrogens is 250 g/mol. The van der Waals surface area contributed by atoms with E-state index in [9.17, 15) is 9.90 Å². The average molecular weight is 271 g/mol. The molecule has 1 N–H and O–H groups in total. The van der Waals surface area contributed by atoms with Crippen LogP contribution in [0.3, 0.4) is 0 Å². The van der Waals surface area contributed by atoms with E-state index in [4.69, 9.17) is 0 Å². The zero-order valence-corrected chi connectivity index (χ0v) is 12.1. The molecule has 1 aromatic heterocycles. The maximum Gasteiger partial charge on any atom is 0.306 e. The number of rotatable bonds is 3. The van der Waals surface area contributed by atoms with Crippen LogP contribution in [-0.2, 0) is 24.2 Å². The molecule has 3 rings (SSSR count). The molecular formula is C17H21NO2. The van der Waals surface area contributed by atoms with Crippen molar-refractivity contribution in [3.63, 3.8) is 0 Å². The number of hydrogen-bond acceptors (Lipinski definition) is 1. The summed E-state index contributed by atoms with van der Waals surface area (Å²) in [4.78, 5) is 11.3. The first-order chi connectivity index (χ1) is 9.61. The molecule has 3 heteroatoms. The normalized spacial score (nSPS) is 18.2. The Morgan fingerprint density at radius 1 is 1.45 bits per heavy atom. The highest BCUT2D eigenvalue weighted by Gasteiger charge is 2.28. The van der Waals surface area contributed by atoms with Crippen molar-refractivity contribution >= 4 is 16.9 Å². The minimum absolute atomic E-state index is 0.219. The van der Waals surface area contributed by atoms with Gasteiger partial charge in [0.1, 0.15) is 0 Å². The quantitative estimate of drug-likeness (QED) is 0.927. The second-order valence-corrected chi connectivity index (χ2v) is 5.88. The molecule has 1 aromatic carbocycles. The Morgan fingerprint density at radius 2 is 2.25 bits per heavy atom. The molecule has 3 nitrogen and oxygen atoms in total. The molecule has 20 heavy (non-hydrogen) atoms. The van der Waals surface area contributed by atoms with E-state index < -0.39 is 5.97 Å². The first-order valence-corrected chi connectivity index (χ1v) is 7.45. The van der Waals surface area contributed by atoms with Crippen molar-refractivity contribution in [2.45, 2.75) is 46.1 Å². The number of carboxylic acid groups (broad SMARTS) is 1. The lowest BCUT2D eigenvalue weighted by molar-refractivity contribution is -0.142. The van der Waals surface area contributed by atoms with E-state index >= 15 is 0 Å². The highest BCUT2D eigenvalue weighted by molar-refractivity contribution is 5.87. The summed E-state index contributed by atoms with van der Waals surface area (Å²) in [5.41, 5.74) is 5.15. The third-order valence-corrected chi connectivity index (χ3v) is 4.42. The Morgan fingerprint density at radius 3 is 2.95 bits per heavy atom. The van der Waals surface area contributed by atoms with Gasteiger partial charge in [0.05, 0.1) is 5.92 Å². The average Bonchev–Trinajstić information content (AvgIpc) is 2.73. The van der Waals surface area contributed by atoms with Gasteiger partial charge in [0.15, 0.2) is 0 Å². The second kappa shape index (κ2) is 4.97. The van der Waals surface area contributed by atoms with Gasteiger partial charge in [0.2, 0.25) is 0 Å². The Bertz CT molecular complexity index is 669. The van der Waals surface area contributed by atoms with E-state index in [1.165, 1.54) is 27.7 Å². The highest BCUT2D eigenvalue weighted by atomic mass is 16.4. The Labute approximate surface area is 119 Å². The molecule has 0 amide bonds. The maximum atomic E-state index is 11.3. The third-order valence-electron chi connectivity index (χ3n) is 4.42. The van der Waals surface area contributed by atoms with Crippen LogP contribution in [0, 0.1) is 12.8 Å². The zero-order chi connectivity index (χ0) is 14.3. The van der Waals surface area contributed by atoms with E-state index in [0.29, 0.717) is 6.42 Å². The summed E-state index contributed by atoms with van der Waals surface area (Å²) >= 11 is 0. The van der Waals surface area contributed by atoms with Crippen molar-refractivity contribution in [3.05, 3.63) is 35.0 Å². The lowest BCUT2D eigenvalue weighted by Crippen LogP contribution is -2.23. The molecule has 0 fully saturated rings. The fourth-order valence-electron chi connectivity index (χ4n) is 3.45. The largest absolute Gasteiger partial charge is 0.481 e. The van der Waals surface area contributed by atoms with Crippen molar-refractivity contribution in [2.75, 3.05) is 0 Å². The van der Waals surface area contributed by atoms with Crippen molar-refractivity contribution in [3.8, 4) is 0 Å². The van der Waals surface area contributed by atoms with Crippen molar-refractivity contribution in [2.24, 2.45) is 5.92 Å². The molecule has 1 heterocycles. The zero-order valence-electron chi connectivity index (χ0n) is 12.1. The van der Waals surface area contributed by atoms with Crippen LogP contribution in [0.5, 0.6) is 0 Å². The van der Waals surface area contributed by atoms with E-state index in [1.54, 1.807) is 0 Å². The monoisotopic (exact) mass is 271 g/mol. The summed E-state index contributed by atoms with van der Waals surface area (Å²) in [5.74, 6) is -0.872. The van der Waals surface area contributed by atoms with Gasteiger partial charge in [-0.15, -0.1) is 0 Å². The minimum atomic E-state index is -0.653. The fourth-order valence-corrected chi connectivity index (χ4v) is 3.45. The van der Waals surface area contributed by atoms with Gasteiger partial charge in [-0.05, 0) is 50.3 Å². The fraction of sp³-hybridized carbons (Fsp3) is 0.471. The number of aliphatic carboxylic acids is 1. The summed E-state index contributed by atoms with van der Waals surface area (Å²) in [7, 11) is 0. The lowest BCUT2D eigenvalue weighted by Gasteiger charge is -2.21. The molecule has 0 radical (unpaired) electrons. The molecule has 0 saturated heterocycles. The van der Waals surface area contributed by atoms with Crippen LogP contribution in [0.25, 0.3) is 10.9 Å². The summed E-state index contributed by atoms with van der Waals surface area (Å²) in [6.45, 7) is 5.31. The van der Waals surface area contributed by atoms with Crippen molar-refractivity contribution < 1.29 is 9.90 Å². The minimum Gasteiger partial charge on any atom is -0.481 e.